The van der Waals surface area contributed by atoms with Crippen LogP contribution in [0.2, 0.25) is 0 Å². The smallest absolute Gasteiger partial charge is 0.234 e. The number of aryl methyl sites for hydroxylation is 1. The molecule has 6 nitrogen and oxygen atoms in total. The van der Waals surface area contributed by atoms with E-state index in [2.05, 4.69) is 32.5 Å². The minimum absolute atomic E-state index is 0.0767. The van der Waals surface area contributed by atoms with E-state index in [1.807, 2.05) is 18.2 Å². The van der Waals surface area contributed by atoms with Gasteiger partial charge in [0.2, 0.25) is 11.8 Å². The molecular formula is C19H24N4O2. The Morgan fingerprint density at radius 2 is 2.12 bits per heavy atom. The van der Waals surface area contributed by atoms with Gasteiger partial charge in [-0.2, -0.15) is 4.98 Å². The summed E-state index contributed by atoms with van der Waals surface area (Å²) in [5, 5.41) is 7.30. The van der Waals surface area contributed by atoms with Crippen molar-refractivity contribution in [1.29, 1.82) is 0 Å². The molecule has 1 N–H and O–H groups in total. The third-order valence-electron chi connectivity index (χ3n) is 5.12. The van der Waals surface area contributed by atoms with Crippen molar-refractivity contribution in [3.63, 3.8) is 0 Å². The van der Waals surface area contributed by atoms with Crippen LogP contribution in [0.4, 0.5) is 0 Å². The Morgan fingerprint density at radius 1 is 1.32 bits per heavy atom. The van der Waals surface area contributed by atoms with Gasteiger partial charge in [-0.15, -0.1) is 0 Å². The van der Waals surface area contributed by atoms with Gasteiger partial charge >= 0.3 is 0 Å². The van der Waals surface area contributed by atoms with Crippen LogP contribution in [-0.2, 0) is 4.79 Å². The first kappa shape index (κ1) is 16.3. The van der Waals surface area contributed by atoms with Crippen molar-refractivity contribution >= 4 is 5.91 Å². The van der Waals surface area contributed by atoms with E-state index in [1.165, 1.54) is 18.4 Å². The van der Waals surface area contributed by atoms with Gasteiger partial charge in [0.1, 0.15) is 0 Å². The van der Waals surface area contributed by atoms with Crippen LogP contribution in [0, 0.1) is 12.8 Å². The predicted octanol–water partition coefficient (Wildman–Crippen LogP) is 2.78. The molecule has 0 bridgehead atoms. The molecule has 1 saturated heterocycles. The molecule has 2 atom stereocenters. The summed E-state index contributed by atoms with van der Waals surface area (Å²) in [5.74, 6) is 1.92. The molecular weight excluding hydrogens is 316 g/mol. The molecule has 25 heavy (non-hydrogen) atoms. The first-order chi connectivity index (χ1) is 12.2. The topological polar surface area (TPSA) is 71.3 Å². The quantitative estimate of drug-likeness (QED) is 0.875. The molecule has 1 aromatic heterocycles. The molecule has 2 aromatic rings. The summed E-state index contributed by atoms with van der Waals surface area (Å²) in [5.41, 5.74) is 1.20. The molecule has 0 radical (unpaired) electrons. The van der Waals surface area contributed by atoms with Gasteiger partial charge in [-0.05, 0) is 43.7 Å². The molecule has 2 heterocycles. The minimum atomic E-state index is 0.0767. The number of hydrogen-bond acceptors (Lipinski definition) is 5. The average molecular weight is 340 g/mol. The van der Waals surface area contributed by atoms with E-state index in [0.29, 0.717) is 24.2 Å². The molecule has 2 aliphatic rings. The highest BCUT2D eigenvalue weighted by atomic mass is 16.5. The first-order valence-electron chi connectivity index (χ1n) is 9.09. The highest BCUT2D eigenvalue weighted by Crippen LogP contribution is 2.41. The maximum absolute atomic E-state index is 12.7. The zero-order valence-electron chi connectivity index (χ0n) is 14.5. The third-order valence-corrected chi connectivity index (χ3v) is 5.12. The van der Waals surface area contributed by atoms with E-state index >= 15 is 0 Å². The Balaban J connectivity index is 1.41. The van der Waals surface area contributed by atoms with Crippen molar-refractivity contribution in [2.45, 2.75) is 44.7 Å². The molecule has 0 spiro atoms. The molecule has 132 valence electrons. The lowest BCUT2D eigenvalue weighted by molar-refractivity contribution is -0.123. The number of carbonyl (C=O) groups is 1. The fourth-order valence-corrected chi connectivity index (χ4v) is 3.72. The van der Waals surface area contributed by atoms with Gasteiger partial charge in [-0.25, -0.2) is 0 Å². The number of nitrogens with one attached hydrogen (secondary N) is 1. The van der Waals surface area contributed by atoms with Crippen molar-refractivity contribution in [2.75, 3.05) is 13.1 Å². The summed E-state index contributed by atoms with van der Waals surface area (Å²) in [6.07, 6.45) is 4.40. The summed E-state index contributed by atoms with van der Waals surface area (Å²) >= 11 is 0. The summed E-state index contributed by atoms with van der Waals surface area (Å²) in [4.78, 5) is 19.2. The van der Waals surface area contributed by atoms with Crippen molar-refractivity contribution in [1.82, 2.24) is 20.4 Å². The number of likely N-dealkylation sites (tertiary alicyclic amines) is 1. The van der Waals surface area contributed by atoms with E-state index in [1.54, 1.807) is 6.92 Å². The molecule has 1 aliphatic carbocycles. The van der Waals surface area contributed by atoms with Crippen molar-refractivity contribution in [3.05, 3.63) is 47.6 Å². The predicted molar refractivity (Wildman–Crippen MR) is 92.6 cm³/mol. The normalized spacial score (nSPS) is 22.0. The monoisotopic (exact) mass is 340 g/mol. The fraction of sp³-hybridized carbons (Fsp3) is 0.526. The van der Waals surface area contributed by atoms with Crippen LogP contribution in [0.5, 0.6) is 0 Å². The zero-order valence-corrected chi connectivity index (χ0v) is 14.5. The summed E-state index contributed by atoms with van der Waals surface area (Å²) in [6.45, 7) is 3.07. The molecule has 2 fully saturated rings. The van der Waals surface area contributed by atoms with Crippen LogP contribution in [0.25, 0.3) is 0 Å². The lowest BCUT2D eigenvalue weighted by Crippen LogP contribution is -2.39. The molecule has 0 unspecified atom stereocenters. The number of amides is 1. The largest absolute Gasteiger partial charge is 0.348 e. The molecule has 1 saturated carbocycles. The van der Waals surface area contributed by atoms with Gasteiger partial charge in [0.25, 0.3) is 0 Å². The van der Waals surface area contributed by atoms with E-state index in [0.717, 1.165) is 19.4 Å². The van der Waals surface area contributed by atoms with Crippen LogP contribution in [0.15, 0.2) is 34.9 Å². The van der Waals surface area contributed by atoms with Gasteiger partial charge in [-0.3, -0.25) is 9.69 Å². The number of rotatable bonds is 6. The van der Waals surface area contributed by atoms with E-state index in [-0.39, 0.29) is 18.0 Å². The number of nitrogens with zero attached hydrogens (tertiary/aromatic N) is 3. The Bertz CT molecular complexity index is 726. The van der Waals surface area contributed by atoms with Gasteiger partial charge in [-0.1, -0.05) is 35.5 Å². The van der Waals surface area contributed by atoms with E-state index < -0.39 is 0 Å². The van der Waals surface area contributed by atoms with Crippen LogP contribution in [0.3, 0.4) is 0 Å². The third kappa shape index (κ3) is 3.74. The number of benzene rings is 1. The van der Waals surface area contributed by atoms with Gasteiger partial charge in [0.15, 0.2) is 5.82 Å². The van der Waals surface area contributed by atoms with E-state index in [9.17, 15) is 4.79 Å². The summed E-state index contributed by atoms with van der Waals surface area (Å²) in [6, 6.07) is 10.5. The van der Waals surface area contributed by atoms with Crippen LogP contribution >= 0.6 is 0 Å². The molecule has 1 amide bonds. The molecule has 1 aromatic carbocycles. The standard InChI is InChI=1S/C19H24N4O2/c1-13-20-19(22-25-13)16-8-5-11-23(16)12-17(24)21-18(15-9-10-15)14-6-3-2-4-7-14/h2-4,6-7,15-16,18H,5,8-12H2,1H3,(H,21,24)/t16-,18+/m0/s1. The van der Waals surface area contributed by atoms with Gasteiger partial charge < -0.3 is 9.84 Å². The average Bonchev–Trinajstić information content (AvgIpc) is 3.21. The second-order valence-electron chi connectivity index (χ2n) is 7.09. The molecule has 1 aliphatic heterocycles. The lowest BCUT2D eigenvalue weighted by Gasteiger charge is -2.24. The van der Waals surface area contributed by atoms with E-state index in [4.69, 9.17) is 4.52 Å². The summed E-state index contributed by atoms with van der Waals surface area (Å²) in [7, 11) is 0. The van der Waals surface area contributed by atoms with Crippen LogP contribution in [0.1, 0.15) is 55.0 Å². The fourth-order valence-electron chi connectivity index (χ4n) is 3.72. The second-order valence-corrected chi connectivity index (χ2v) is 7.09. The Morgan fingerprint density at radius 3 is 2.80 bits per heavy atom. The van der Waals surface area contributed by atoms with Crippen molar-refractivity contribution < 1.29 is 9.32 Å². The molecule has 6 heteroatoms. The first-order valence-corrected chi connectivity index (χ1v) is 9.09. The minimum Gasteiger partial charge on any atom is -0.348 e. The molecule has 4 rings (SSSR count). The SMILES string of the molecule is Cc1nc([C@@H]2CCCN2CC(=O)N[C@H](c2ccccc2)C2CC2)no1. The summed E-state index contributed by atoms with van der Waals surface area (Å²) < 4.78 is 5.10. The highest BCUT2D eigenvalue weighted by Gasteiger charge is 2.35. The van der Waals surface area contributed by atoms with Crippen molar-refractivity contribution in [2.24, 2.45) is 5.92 Å². The van der Waals surface area contributed by atoms with Gasteiger partial charge in [0, 0.05) is 6.92 Å². The number of carbonyl (C=O) groups excluding carboxylic acids is 1. The second kappa shape index (κ2) is 6.96. The van der Waals surface area contributed by atoms with Crippen molar-refractivity contribution in [3.8, 4) is 0 Å². The highest BCUT2D eigenvalue weighted by molar-refractivity contribution is 5.78. The Hall–Kier alpha value is -2.21. The number of aromatic nitrogens is 2. The maximum Gasteiger partial charge on any atom is 0.234 e. The van der Waals surface area contributed by atoms with Crippen LogP contribution < -0.4 is 5.32 Å². The van der Waals surface area contributed by atoms with Crippen LogP contribution in [-0.4, -0.2) is 34.0 Å². The maximum atomic E-state index is 12.7. The van der Waals surface area contributed by atoms with Gasteiger partial charge in [0.05, 0.1) is 18.6 Å². The zero-order chi connectivity index (χ0) is 17.2. The Labute approximate surface area is 147 Å². The lowest BCUT2D eigenvalue weighted by atomic mass is 10.0. The Kier molecular flexibility index (Phi) is 4.53. The number of hydrogen-bond donors (Lipinski definition) is 1.